The van der Waals surface area contributed by atoms with Crippen molar-refractivity contribution >= 4 is 34.1 Å². The summed E-state index contributed by atoms with van der Waals surface area (Å²) in [5.74, 6) is 0.892. The Morgan fingerprint density at radius 2 is 1.80 bits per heavy atom. The Bertz CT molecular complexity index is 1420. The Balaban J connectivity index is 1.03. The van der Waals surface area contributed by atoms with Gasteiger partial charge in [-0.1, -0.05) is 48.0 Å². The van der Waals surface area contributed by atoms with Crippen LogP contribution in [0.15, 0.2) is 71.6 Å². The summed E-state index contributed by atoms with van der Waals surface area (Å²) in [7, 11) is 0. The Morgan fingerprint density at radius 3 is 2.55 bits per heavy atom. The van der Waals surface area contributed by atoms with Gasteiger partial charge in [0.2, 0.25) is 0 Å². The van der Waals surface area contributed by atoms with Crippen molar-refractivity contribution in [3.8, 4) is 16.9 Å². The molecule has 40 heavy (non-hydrogen) atoms. The maximum absolute atomic E-state index is 11.1. The van der Waals surface area contributed by atoms with Gasteiger partial charge in [0.25, 0.3) is 0 Å². The van der Waals surface area contributed by atoms with Crippen LogP contribution in [0, 0.1) is 6.92 Å². The Morgan fingerprint density at radius 1 is 1.02 bits per heavy atom. The Labute approximate surface area is 247 Å². The molecule has 2 aliphatic rings. The van der Waals surface area contributed by atoms with Gasteiger partial charge < -0.3 is 15.2 Å². The molecule has 3 aromatic carbocycles. The van der Waals surface area contributed by atoms with Crippen molar-refractivity contribution in [2.75, 3.05) is 26.2 Å². The molecule has 0 aliphatic carbocycles. The molecule has 0 amide bonds. The number of aliphatic hydroxyl groups excluding tert-OH is 1. The lowest BCUT2D eigenvalue weighted by Gasteiger charge is -2.33. The number of hydrogen-bond donors (Lipinski definition) is 4. The highest BCUT2D eigenvalue weighted by Crippen LogP contribution is 2.36. The minimum Gasteiger partial charge on any atom is -0.489 e. The zero-order valence-corrected chi connectivity index (χ0v) is 24.8. The summed E-state index contributed by atoms with van der Waals surface area (Å²) in [4.78, 5) is 4.39. The Kier molecular flexibility index (Phi) is 8.77. The molecule has 2 fully saturated rings. The minimum absolute atomic E-state index is 0.280. The summed E-state index contributed by atoms with van der Waals surface area (Å²) >= 11 is 6.40. The summed E-state index contributed by atoms with van der Waals surface area (Å²) in [5, 5.41) is 19.2. The van der Waals surface area contributed by atoms with Crippen molar-refractivity contribution in [3.63, 3.8) is 0 Å². The number of thiophene rings is 1. The van der Waals surface area contributed by atoms with E-state index in [1.807, 2.05) is 0 Å². The molecule has 5 nitrogen and oxygen atoms in total. The van der Waals surface area contributed by atoms with Crippen LogP contribution in [0.5, 0.6) is 5.75 Å². The second-order valence-corrected chi connectivity index (χ2v) is 12.8. The number of ether oxygens (including phenoxy) is 1. The van der Waals surface area contributed by atoms with E-state index >= 15 is 0 Å². The van der Waals surface area contributed by atoms with Crippen LogP contribution in [0.4, 0.5) is 0 Å². The van der Waals surface area contributed by atoms with Gasteiger partial charge >= 0.3 is 0 Å². The van der Waals surface area contributed by atoms with E-state index < -0.39 is 6.23 Å². The summed E-state index contributed by atoms with van der Waals surface area (Å²) in [6, 6.07) is 24.0. The van der Waals surface area contributed by atoms with Crippen LogP contribution in [-0.2, 0) is 6.54 Å². The quantitative estimate of drug-likeness (QED) is 0.142. The number of nitrogens with zero attached hydrogens (tertiary/aromatic N) is 1. The second kappa shape index (κ2) is 12.6. The van der Waals surface area contributed by atoms with E-state index in [0.29, 0.717) is 6.04 Å². The fourth-order valence-electron chi connectivity index (χ4n) is 5.88. The number of aliphatic hydroxyl groups is 1. The number of hydrogen-bond acceptors (Lipinski definition) is 7. The van der Waals surface area contributed by atoms with Gasteiger partial charge in [0.1, 0.15) is 18.1 Å². The molecule has 1 atom stereocenters. The average Bonchev–Trinajstić information content (AvgIpc) is 3.42. The molecule has 0 radical (unpaired) electrons. The van der Waals surface area contributed by atoms with Crippen LogP contribution in [0.2, 0.25) is 0 Å². The first-order chi connectivity index (χ1) is 19.5. The van der Waals surface area contributed by atoms with Gasteiger partial charge in [-0.15, -0.1) is 24.0 Å². The molecular formula is C33H39N3O2S2. The summed E-state index contributed by atoms with van der Waals surface area (Å²) in [6.45, 7) is 7.07. The molecule has 210 valence electrons. The van der Waals surface area contributed by atoms with Crippen molar-refractivity contribution in [1.29, 1.82) is 0 Å². The number of benzene rings is 3. The zero-order chi connectivity index (χ0) is 27.5. The zero-order valence-electron chi connectivity index (χ0n) is 23.1. The van der Waals surface area contributed by atoms with Crippen molar-refractivity contribution in [3.05, 3.63) is 82.7 Å². The van der Waals surface area contributed by atoms with E-state index in [2.05, 4.69) is 89.2 Å². The fraction of sp³-hybridized carbons (Fsp3) is 0.394. The maximum atomic E-state index is 11.1. The molecular weight excluding hydrogens is 535 g/mol. The van der Waals surface area contributed by atoms with Gasteiger partial charge in [-0.25, -0.2) is 0 Å². The predicted molar refractivity (Wildman–Crippen MR) is 169 cm³/mol. The van der Waals surface area contributed by atoms with Crippen LogP contribution < -0.4 is 15.4 Å². The molecule has 0 saturated carbocycles. The second-order valence-electron chi connectivity index (χ2n) is 11.2. The van der Waals surface area contributed by atoms with Gasteiger partial charge in [0.15, 0.2) is 0 Å². The van der Waals surface area contributed by atoms with E-state index in [0.717, 1.165) is 73.9 Å². The number of rotatable bonds is 8. The van der Waals surface area contributed by atoms with Crippen LogP contribution in [0.3, 0.4) is 0 Å². The third-order valence-corrected chi connectivity index (χ3v) is 9.71. The normalized spacial score (nSPS) is 18.3. The first-order valence-electron chi connectivity index (χ1n) is 14.5. The highest BCUT2D eigenvalue weighted by atomic mass is 32.1. The number of thiol groups is 1. The molecule has 6 rings (SSSR count). The molecule has 1 aromatic heterocycles. The summed E-state index contributed by atoms with van der Waals surface area (Å²) in [6.07, 6.45) is 3.75. The van der Waals surface area contributed by atoms with Crippen molar-refractivity contribution in [2.45, 2.75) is 62.4 Å². The number of likely N-dealkylation sites (tertiary alicyclic amines) is 1. The highest BCUT2D eigenvalue weighted by molar-refractivity contribution is 7.80. The molecule has 0 spiro atoms. The van der Waals surface area contributed by atoms with E-state index in [4.69, 9.17) is 17.4 Å². The number of fused-ring (bicyclic) bond motifs is 1. The molecule has 0 bridgehead atoms. The summed E-state index contributed by atoms with van der Waals surface area (Å²) < 4.78 is 7.42. The molecule has 1 unspecified atom stereocenters. The lowest BCUT2D eigenvalue weighted by molar-refractivity contribution is 0.0998. The lowest BCUT2D eigenvalue weighted by Crippen LogP contribution is -2.43. The monoisotopic (exact) mass is 573 g/mol. The van der Waals surface area contributed by atoms with Gasteiger partial charge in [0.05, 0.1) is 0 Å². The smallest absolute Gasteiger partial charge is 0.140 e. The Hall–Kier alpha value is -2.39. The maximum Gasteiger partial charge on any atom is 0.140 e. The van der Waals surface area contributed by atoms with E-state index in [-0.39, 0.29) is 6.10 Å². The van der Waals surface area contributed by atoms with E-state index in [1.165, 1.54) is 32.3 Å². The molecule has 4 aromatic rings. The third kappa shape index (κ3) is 6.56. The first-order valence-corrected chi connectivity index (χ1v) is 15.7. The molecule has 2 saturated heterocycles. The highest BCUT2D eigenvalue weighted by Gasteiger charge is 2.23. The minimum atomic E-state index is -0.654. The number of piperidine rings is 2. The molecule has 7 heteroatoms. The largest absolute Gasteiger partial charge is 0.489 e. The average molecular weight is 574 g/mol. The van der Waals surface area contributed by atoms with Gasteiger partial charge in [-0.2, -0.15) is 0 Å². The van der Waals surface area contributed by atoms with E-state index in [1.54, 1.807) is 11.3 Å². The van der Waals surface area contributed by atoms with Gasteiger partial charge in [-0.05, 0) is 99.7 Å². The standard InChI is InChI=1S/C33H39N3O2S2/c1-22-5-8-24(9-6-22)27-3-2-4-31-28(27)20-32(40-31)33(37)35-25-13-17-36(18-14-25)21-23-7-10-29(30(39)19-23)38-26-11-15-34-16-12-26/h2-10,19-20,25-26,33-35,37,39H,11-18,21H2,1H3. The van der Waals surface area contributed by atoms with Crippen LogP contribution >= 0.6 is 24.0 Å². The van der Waals surface area contributed by atoms with Crippen molar-refractivity contribution < 1.29 is 9.84 Å². The van der Waals surface area contributed by atoms with Crippen LogP contribution in [-0.4, -0.2) is 48.3 Å². The first kappa shape index (κ1) is 27.8. The van der Waals surface area contributed by atoms with E-state index in [9.17, 15) is 5.11 Å². The fourth-order valence-corrected chi connectivity index (χ4v) is 7.20. The SMILES string of the molecule is Cc1ccc(-c2cccc3sc(C(O)NC4CCN(Cc5ccc(OC6CCNCC6)c(S)c5)CC4)cc23)cc1. The summed E-state index contributed by atoms with van der Waals surface area (Å²) in [5.41, 5.74) is 4.96. The van der Waals surface area contributed by atoms with Crippen LogP contribution in [0.25, 0.3) is 21.2 Å². The third-order valence-electron chi connectivity index (χ3n) is 8.20. The van der Waals surface area contributed by atoms with Crippen molar-refractivity contribution in [2.24, 2.45) is 0 Å². The van der Waals surface area contributed by atoms with Crippen molar-refractivity contribution in [1.82, 2.24) is 15.5 Å². The number of nitrogens with one attached hydrogen (secondary N) is 2. The molecule has 3 heterocycles. The van der Waals surface area contributed by atoms with Gasteiger partial charge in [0, 0.05) is 32.4 Å². The van der Waals surface area contributed by atoms with Gasteiger partial charge in [-0.3, -0.25) is 10.2 Å². The topological polar surface area (TPSA) is 56.8 Å². The molecule has 2 aliphatic heterocycles. The van der Waals surface area contributed by atoms with Crippen LogP contribution in [0.1, 0.15) is 47.9 Å². The predicted octanol–water partition coefficient (Wildman–Crippen LogP) is 6.54. The number of aryl methyl sites for hydroxylation is 1. The lowest BCUT2D eigenvalue weighted by atomic mass is 10.0. The molecule has 3 N–H and O–H groups in total.